The van der Waals surface area contributed by atoms with Gasteiger partial charge in [-0.1, -0.05) is 76.6 Å². The Bertz CT molecular complexity index is 1920. The minimum absolute atomic E-state index is 0.00956. The Morgan fingerprint density at radius 3 is 1.29 bits per heavy atom. The Hall–Kier alpha value is -3.34. The predicted octanol–water partition coefficient (Wildman–Crippen LogP) is 11.7. The van der Waals surface area contributed by atoms with E-state index in [1.165, 1.54) is 59.3 Å². The van der Waals surface area contributed by atoms with Crippen LogP contribution in [0.5, 0.6) is 11.5 Å². The highest BCUT2D eigenvalue weighted by Gasteiger charge is 2.50. The average molecular weight is 809 g/mol. The molecule has 0 N–H and O–H groups in total. The maximum absolute atomic E-state index is 13.9. The summed E-state index contributed by atoms with van der Waals surface area (Å²) in [5, 5.41) is 3.44. The smallest absolute Gasteiger partial charge is 0.492 e. The fourth-order valence-corrected chi connectivity index (χ4v) is 9.22. The summed E-state index contributed by atoms with van der Waals surface area (Å²) < 4.78 is 147. The zero-order valence-corrected chi connectivity index (χ0v) is 31.6. The van der Waals surface area contributed by atoms with Crippen LogP contribution in [0.3, 0.4) is 0 Å². The molecule has 0 spiro atoms. The first-order valence-electron chi connectivity index (χ1n) is 16.5. The zero-order chi connectivity index (χ0) is 38.2. The summed E-state index contributed by atoms with van der Waals surface area (Å²) in [4.78, 5) is -2.24. The molecule has 0 saturated heterocycles. The second kappa shape index (κ2) is 17.7. The van der Waals surface area contributed by atoms with Crippen molar-refractivity contribution in [1.82, 2.24) is 0 Å². The highest BCUT2D eigenvalue weighted by atomic mass is 32.2. The molecule has 4 aromatic rings. The van der Waals surface area contributed by atoms with Crippen molar-refractivity contribution in [2.24, 2.45) is 0 Å². The van der Waals surface area contributed by atoms with E-state index in [0.29, 0.717) is 12.8 Å². The van der Waals surface area contributed by atoms with E-state index in [9.17, 15) is 43.2 Å². The van der Waals surface area contributed by atoms with E-state index in [2.05, 4.69) is 0 Å². The Balaban J connectivity index is 2.01. The largest absolute Gasteiger partial charge is 0.501 e. The molecule has 6 nitrogen and oxygen atoms in total. The van der Waals surface area contributed by atoms with Crippen molar-refractivity contribution < 1.29 is 52.7 Å². The summed E-state index contributed by atoms with van der Waals surface area (Å²) in [6.45, 7) is 4.28. The lowest BCUT2D eigenvalue weighted by Gasteiger charge is -2.19. The summed E-state index contributed by atoms with van der Waals surface area (Å²) in [6, 6.07) is 11.0. The third-order valence-corrected chi connectivity index (χ3v) is 13.1. The van der Waals surface area contributed by atoms with Crippen LogP contribution in [-0.2, 0) is 19.7 Å². The fraction of sp³-hybridized carbons (Fsp3) is 0.389. The van der Waals surface area contributed by atoms with Gasteiger partial charge >= 0.3 is 11.0 Å². The Labute approximate surface area is 307 Å². The zero-order valence-electron chi connectivity index (χ0n) is 28.3. The van der Waals surface area contributed by atoms with Gasteiger partial charge in [-0.05, 0) is 60.0 Å². The minimum atomic E-state index is -5.82. The summed E-state index contributed by atoms with van der Waals surface area (Å²) in [5.74, 6) is 0.0707. The van der Waals surface area contributed by atoms with Crippen LogP contribution in [-0.4, -0.2) is 41.1 Å². The van der Waals surface area contributed by atoms with Crippen LogP contribution >= 0.6 is 22.7 Å². The number of ether oxygens (including phenoxy) is 2. The first-order chi connectivity index (χ1) is 24.5. The van der Waals surface area contributed by atoms with Crippen molar-refractivity contribution in [3.63, 3.8) is 0 Å². The van der Waals surface area contributed by atoms with Crippen molar-refractivity contribution in [1.29, 1.82) is 0 Å². The maximum Gasteiger partial charge on any atom is 0.501 e. The van der Waals surface area contributed by atoms with E-state index in [1.54, 1.807) is 0 Å². The SMILES string of the molecule is CCCCCCOc1c(/C=C(/c2cccs2)S(=O)(=O)C(F)(F)F)ccc2c(OCCCCCC)c(/C=C(/c3cccs3)S(=O)(=O)C(F)(F)F)ccc12. The maximum atomic E-state index is 13.9. The topological polar surface area (TPSA) is 86.7 Å². The number of hydrogen-bond acceptors (Lipinski definition) is 8. The standard InChI is InChI=1S/C36H38F6O6S4/c1-3-5-7-9-19-47-33-25(23-31(29-13-11-21-49-29)51(43,44)35(37,38)39)15-18-28-27(33)17-16-26(34(28)48-20-10-8-6-4-2)24-32(30-14-12-22-50-30)52(45,46)36(40,41)42/h11-18,21-24H,3-10,19-20H2,1-2H3/b31-23-,32-24-. The van der Waals surface area contributed by atoms with Gasteiger partial charge < -0.3 is 9.47 Å². The predicted molar refractivity (Wildman–Crippen MR) is 198 cm³/mol. The van der Waals surface area contributed by atoms with Gasteiger partial charge in [0.05, 0.1) is 23.0 Å². The molecule has 2 aromatic heterocycles. The molecule has 52 heavy (non-hydrogen) atoms. The minimum Gasteiger partial charge on any atom is -0.492 e. The number of fused-ring (bicyclic) bond motifs is 1. The third-order valence-electron chi connectivity index (χ3n) is 7.94. The Morgan fingerprint density at radius 2 is 0.981 bits per heavy atom. The van der Waals surface area contributed by atoms with Crippen molar-refractivity contribution in [2.45, 2.75) is 76.2 Å². The van der Waals surface area contributed by atoms with Crippen LogP contribution in [0.25, 0.3) is 32.7 Å². The van der Waals surface area contributed by atoms with Gasteiger partial charge in [-0.2, -0.15) is 26.3 Å². The Kier molecular flexibility index (Phi) is 14.1. The number of benzene rings is 2. The van der Waals surface area contributed by atoms with Crippen LogP contribution in [0.15, 0.2) is 59.3 Å². The molecule has 284 valence electrons. The molecule has 2 aromatic carbocycles. The van der Waals surface area contributed by atoms with Crippen molar-refractivity contribution in [3.8, 4) is 11.5 Å². The molecular weight excluding hydrogens is 771 g/mol. The molecule has 0 unspecified atom stereocenters. The summed E-state index contributed by atoms with van der Waals surface area (Å²) in [7, 11) is -11.6. The number of hydrogen-bond donors (Lipinski definition) is 0. The van der Waals surface area contributed by atoms with Gasteiger partial charge in [0.2, 0.25) is 0 Å². The van der Waals surface area contributed by atoms with Crippen molar-refractivity contribution in [2.75, 3.05) is 13.2 Å². The second-order valence-electron chi connectivity index (χ2n) is 11.8. The number of unbranched alkanes of at least 4 members (excludes halogenated alkanes) is 6. The molecule has 16 heteroatoms. The molecule has 0 saturated carbocycles. The van der Waals surface area contributed by atoms with E-state index in [1.807, 2.05) is 13.8 Å². The second-order valence-corrected chi connectivity index (χ2v) is 17.5. The first kappa shape index (κ1) is 41.4. The fourth-order valence-electron chi connectivity index (χ4n) is 5.27. The van der Waals surface area contributed by atoms with Crippen LogP contribution in [0.4, 0.5) is 26.3 Å². The molecule has 0 bridgehead atoms. The monoisotopic (exact) mass is 808 g/mol. The number of rotatable bonds is 18. The molecular formula is C36H38F6O6S4. The van der Waals surface area contributed by atoms with Gasteiger partial charge in [-0.3, -0.25) is 0 Å². The normalized spacial score (nSPS) is 13.5. The van der Waals surface area contributed by atoms with E-state index in [-0.39, 0.29) is 56.4 Å². The lowest BCUT2D eigenvalue weighted by Crippen LogP contribution is -2.23. The van der Waals surface area contributed by atoms with Crippen LogP contribution in [0.2, 0.25) is 0 Å². The van der Waals surface area contributed by atoms with Crippen LogP contribution in [0, 0.1) is 0 Å². The lowest BCUT2D eigenvalue weighted by atomic mass is 10.00. The number of alkyl halides is 6. The van der Waals surface area contributed by atoms with E-state index in [0.717, 1.165) is 73.4 Å². The summed E-state index contributed by atoms with van der Waals surface area (Å²) >= 11 is 1.63. The molecule has 0 atom stereocenters. The molecule has 0 amide bonds. The van der Waals surface area contributed by atoms with Crippen LogP contribution < -0.4 is 9.47 Å². The van der Waals surface area contributed by atoms with Crippen LogP contribution in [0.1, 0.15) is 86.1 Å². The van der Waals surface area contributed by atoms with Gasteiger partial charge in [-0.25, -0.2) is 16.8 Å². The van der Waals surface area contributed by atoms with Gasteiger partial charge in [0.1, 0.15) is 11.5 Å². The number of thiophene rings is 2. The van der Waals surface area contributed by atoms with Gasteiger partial charge in [0.15, 0.2) is 0 Å². The average Bonchev–Trinajstić information content (AvgIpc) is 3.81. The van der Waals surface area contributed by atoms with Gasteiger partial charge in [0, 0.05) is 31.7 Å². The first-order valence-corrected chi connectivity index (χ1v) is 21.3. The van der Waals surface area contributed by atoms with Crippen molar-refractivity contribution in [3.05, 3.63) is 80.2 Å². The summed E-state index contributed by atoms with van der Waals surface area (Å²) in [5.41, 5.74) is -11.2. The number of halogens is 6. The number of sulfone groups is 2. The molecule has 0 aliphatic heterocycles. The molecule has 0 radical (unpaired) electrons. The van der Waals surface area contributed by atoms with Gasteiger partial charge in [-0.15, -0.1) is 22.7 Å². The highest BCUT2D eigenvalue weighted by Crippen LogP contribution is 2.44. The Morgan fingerprint density at radius 1 is 0.596 bits per heavy atom. The van der Waals surface area contributed by atoms with E-state index >= 15 is 0 Å². The molecule has 0 fully saturated rings. The molecule has 0 aliphatic rings. The molecule has 2 heterocycles. The van der Waals surface area contributed by atoms with E-state index < -0.39 is 40.5 Å². The third kappa shape index (κ3) is 9.60. The van der Waals surface area contributed by atoms with Crippen molar-refractivity contribution >= 4 is 75.1 Å². The molecule has 4 rings (SSSR count). The summed E-state index contributed by atoms with van der Waals surface area (Å²) in [6.07, 6.45) is 8.18. The van der Waals surface area contributed by atoms with E-state index in [4.69, 9.17) is 9.47 Å². The highest BCUT2D eigenvalue weighted by molar-refractivity contribution is 8.02. The quantitative estimate of drug-likeness (QED) is 0.0735. The molecule has 0 aliphatic carbocycles. The van der Waals surface area contributed by atoms with Gasteiger partial charge in [0.25, 0.3) is 19.7 Å². The lowest BCUT2D eigenvalue weighted by molar-refractivity contribution is -0.0426.